The smallest absolute Gasteiger partial charge is 0.337 e. The average Bonchev–Trinajstić information content (AvgIpc) is 2.17. The zero-order valence-electron chi connectivity index (χ0n) is 7.06. The molecule has 13 heavy (non-hydrogen) atoms. The number of aromatic nitrogens is 1. The van der Waals surface area contributed by atoms with Crippen molar-refractivity contribution in [3.63, 3.8) is 0 Å². The zero-order valence-corrected chi connectivity index (χ0v) is 7.87. The number of hydrogen-bond acceptors (Lipinski definition) is 4. The molecule has 0 aliphatic carbocycles. The average molecular weight is 204 g/mol. The topological polar surface area (TPSA) is 59.4 Å². The van der Waals surface area contributed by atoms with Crippen LogP contribution in [0.3, 0.4) is 0 Å². The summed E-state index contributed by atoms with van der Waals surface area (Å²) in [5.74, 6) is -0.424. The molecule has 0 bridgehead atoms. The van der Waals surface area contributed by atoms with Crippen LogP contribution in [0.2, 0.25) is 0 Å². The van der Waals surface area contributed by atoms with Gasteiger partial charge in [0, 0.05) is 6.20 Å². The van der Waals surface area contributed by atoms with E-state index in [1.165, 1.54) is 25.4 Å². The predicted octanol–water partition coefficient (Wildman–Crippen LogP) is 0.782. The Balaban J connectivity index is 0.00000144. The normalized spacial score (nSPS) is 8.77. The van der Waals surface area contributed by atoms with E-state index in [4.69, 9.17) is 5.11 Å². The number of halogens is 1. The van der Waals surface area contributed by atoms with Crippen molar-refractivity contribution in [3.05, 3.63) is 29.6 Å². The van der Waals surface area contributed by atoms with Gasteiger partial charge in [-0.2, -0.15) is 0 Å². The molecule has 0 spiro atoms. The van der Waals surface area contributed by atoms with Crippen LogP contribution in [0.1, 0.15) is 16.1 Å². The largest absolute Gasteiger partial charge is 0.465 e. The van der Waals surface area contributed by atoms with Gasteiger partial charge in [0.05, 0.1) is 25.0 Å². The maximum atomic E-state index is 10.9. The van der Waals surface area contributed by atoms with Gasteiger partial charge in [-0.05, 0) is 12.1 Å². The molecule has 0 saturated heterocycles. The molecule has 1 aromatic rings. The second-order valence-corrected chi connectivity index (χ2v) is 2.19. The highest BCUT2D eigenvalue weighted by molar-refractivity contribution is 5.89. The Morgan fingerprint density at radius 2 is 2.38 bits per heavy atom. The third-order valence-corrected chi connectivity index (χ3v) is 1.40. The minimum absolute atomic E-state index is 0. The molecule has 72 valence electrons. The van der Waals surface area contributed by atoms with E-state index in [2.05, 4.69) is 9.72 Å². The molecule has 0 amide bonds. The Kier molecular flexibility index (Phi) is 5.03. The number of methoxy groups -OCH3 is 1. The van der Waals surface area contributed by atoms with E-state index in [1.807, 2.05) is 0 Å². The Morgan fingerprint density at radius 3 is 2.92 bits per heavy atom. The predicted molar refractivity (Wildman–Crippen MR) is 48.7 cm³/mol. The number of esters is 1. The van der Waals surface area contributed by atoms with Crippen LogP contribution < -0.4 is 0 Å². The first-order valence-electron chi connectivity index (χ1n) is 3.42. The molecule has 0 atom stereocenters. The second-order valence-electron chi connectivity index (χ2n) is 2.19. The van der Waals surface area contributed by atoms with Crippen LogP contribution in [0.4, 0.5) is 0 Å². The Bertz CT molecular complexity index is 290. The number of rotatable bonds is 2. The number of pyridine rings is 1. The van der Waals surface area contributed by atoms with Crippen molar-refractivity contribution in [1.29, 1.82) is 0 Å². The van der Waals surface area contributed by atoms with E-state index in [1.54, 1.807) is 0 Å². The molecule has 4 nitrogen and oxygen atoms in total. The fourth-order valence-corrected chi connectivity index (χ4v) is 0.809. The molecule has 1 heterocycles. The molecule has 0 saturated carbocycles. The summed E-state index contributed by atoms with van der Waals surface area (Å²) in [6.07, 6.45) is 1.46. The van der Waals surface area contributed by atoms with Crippen molar-refractivity contribution < 1.29 is 14.6 Å². The van der Waals surface area contributed by atoms with Crippen LogP contribution in [0.15, 0.2) is 18.3 Å². The van der Waals surface area contributed by atoms with Crippen molar-refractivity contribution in [2.24, 2.45) is 0 Å². The Labute approximate surface area is 82.0 Å². The highest BCUT2D eigenvalue weighted by Crippen LogP contribution is 2.02. The monoisotopic (exact) mass is 203 g/mol. The van der Waals surface area contributed by atoms with E-state index >= 15 is 0 Å². The minimum Gasteiger partial charge on any atom is -0.465 e. The summed E-state index contributed by atoms with van der Waals surface area (Å²) in [6, 6.07) is 3.02. The molecule has 0 aromatic carbocycles. The number of carbonyl (C=O) groups excluding carboxylic acids is 1. The maximum Gasteiger partial charge on any atom is 0.337 e. The third-order valence-electron chi connectivity index (χ3n) is 1.40. The molecule has 0 aliphatic rings. The van der Waals surface area contributed by atoms with Gasteiger partial charge < -0.3 is 9.84 Å². The van der Waals surface area contributed by atoms with Crippen molar-refractivity contribution in [3.8, 4) is 0 Å². The van der Waals surface area contributed by atoms with E-state index in [0.29, 0.717) is 11.3 Å². The first-order valence-corrected chi connectivity index (χ1v) is 3.42. The van der Waals surface area contributed by atoms with Crippen molar-refractivity contribution in [2.75, 3.05) is 7.11 Å². The van der Waals surface area contributed by atoms with Crippen LogP contribution in [0.5, 0.6) is 0 Å². The van der Waals surface area contributed by atoms with Gasteiger partial charge >= 0.3 is 5.97 Å². The quantitative estimate of drug-likeness (QED) is 0.722. The summed E-state index contributed by atoms with van der Waals surface area (Å²) >= 11 is 0. The van der Waals surface area contributed by atoms with Gasteiger partial charge in [0.1, 0.15) is 0 Å². The van der Waals surface area contributed by atoms with Gasteiger partial charge in [-0.3, -0.25) is 4.98 Å². The van der Waals surface area contributed by atoms with Crippen LogP contribution in [-0.2, 0) is 11.3 Å². The molecule has 1 aromatic heterocycles. The summed E-state index contributed by atoms with van der Waals surface area (Å²) in [5, 5.41) is 8.70. The van der Waals surface area contributed by atoms with Gasteiger partial charge in [-0.15, -0.1) is 12.4 Å². The SMILES string of the molecule is COC(=O)c1ccnc(CO)c1.Cl. The summed E-state index contributed by atoms with van der Waals surface area (Å²) in [6.45, 7) is -0.176. The van der Waals surface area contributed by atoms with E-state index in [-0.39, 0.29) is 19.0 Å². The lowest BCUT2D eigenvalue weighted by Gasteiger charge is -1.99. The number of ether oxygens (including phenoxy) is 1. The maximum absolute atomic E-state index is 10.9. The molecule has 0 radical (unpaired) electrons. The van der Waals surface area contributed by atoms with Gasteiger partial charge in [0.25, 0.3) is 0 Å². The number of aliphatic hydroxyl groups is 1. The highest BCUT2D eigenvalue weighted by Gasteiger charge is 2.04. The number of carbonyl (C=O) groups is 1. The van der Waals surface area contributed by atoms with Crippen molar-refractivity contribution in [2.45, 2.75) is 6.61 Å². The summed E-state index contributed by atoms with van der Waals surface area (Å²) in [5.41, 5.74) is 0.856. The van der Waals surface area contributed by atoms with Gasteiger partial charge in [0.15, 0.2) is 0 Å². The van der Waals surface area contributed by atoms with Crippen LogP contribution >= 0.6 is 12.4 Å². The molecule has 0 aliphatic heterocycles. The molecule has 5 heteroatoms. The summed E-state index contributed by atoms with van der Waals surface area (Å²) in [7, 11) is 1.31. The summed E-state index contributed by atoms with van der Waals surface area (Å²) < 4.78 is 4.49. The van der Waals surface area contributed by atoms with E-state index in [0.717, 1.165) is 0 Å². The molecule has 0 fully saturated rings. The lowest BCUT2D eigenvalue weighted by atomic mass is 10.2. The molecular formula is C8H10ClNO3. The van der Waals surface area contributed by atoms with Crippen LogP contribution in [0, 0.1) is 0 Å². The lowest BCUT2D eigenvalue weighted by Crippen LogP contribution is -2.02. The van der Waals surface area contributed by atoms with Crippen LogP contribution in [0.25, 0.3) is 0 Å². The van der Waals surface area contributed by atoms with Gasteiger partial charge in [-0.25, -0.2) is 4.79 Å². The second kappa shape index (κ2) is 5.50. The standard InChI is InChI=1S/C8H9NO3.ClH/c1-12-8(11)6-2-3-9-7(4-6)5-10;/h2-4,10H,5H2,1H3;1H. The molecular weight excluding hydrogens is 194 g/mol. The first kappa shape index (κ1) is 11.9. The fraction of sp³-hybridized carbons (Fsp3) is 0.250. The van der Waals surface area contributed by atoms with Crippen LogP contribution in [-0.4, -0.2) is 23.2 Å². The molecule has 1 N–H and O–H groups in total. The Morgan fingerprint density at radius 1 is 1.69 bits per heavy atom. The number of hydrogen-bond donors (Lipinski definition) is 1. The molecule has 0 unspecified atom stereocenters. The van der Waals surface area contributed by atoms with Crippen molar-refractivity contribution >= 4 is 18.4 Å². The minimum atomic E-state index is -0.424. The first-order chi connectivity index (χ1) is 5.77. The van der Waals surface area contributed by atoms with Crippen molar-refractivity contribution in [1.82, 2.24) is 4.98 Å². The number of aliphatic hydroxyl groups excluding tert-OH is 1. The van der Waals surface area contributed by atoms with E-state index < -0.39 is 5.97 Å². The Hall–Kier alpha value is -1.13. The molecule has 1 rings (SSSR count). The number of nitrogens with zero attached hydrogens (tertiary/aromatic N) is 1. The lowest BCUT2D eigenvalue weighted by molar-refractivity contribution is 0.0600. The van der Waals surface area contributed by atoms with E-state index in [9.17, 15) is 4.79 Å². The summed E-state index contributed by atoms with van der Waals surface area (Å²) in [4.78, 5) is 14.8. The fourth-order valence-electron chi connectivity index (χ4n) is 0.809. The zero-order chi connectivity index (χ0) is 8.97. The van der Waals surface area contributed by atoms with Gasteiger partial charge in [0.2, 0.25) is 0 Å². The van der Waals surface area contributed by atoms with Gasteiger partial charge in [-0.1, -0.05) is 0 Å². The third kappa shape index (κ3) is 3.01. The highest BCUT2D eigenvalue weighted by atomic mass is 35.5.